The second-order valence-corrected chi connectivity index (χ2v) is 11.2. The first-order valence-corrected chi connectivity index (χ1v) is 17.0. The van der Waals surface area contributed by atoms with E-state index in [0.717, 1.165) is 70.6 Å². The predicted molar refractivity (Wildman–Crippen MR) is 179 cm³/mol. The van der Waals surface area contributed by atoms with Gasteiger partial charge in [0.2, 0.25) is 5.91 Å². The molecule has 0 saturated heterocycles. The van der Waals surface area contributed by atoms with Gasteiger partial charge in [-0.25, -0.2) is 0 Å². The molecule has 0 aromatic carbocycles. The first-order valence-electron chi connectivity index (χ1n) is 17.0. The highest BCUT2D eigenvalue weighted by atomic mass is 16.3. The molecule has 0 saturated carbocycles. The molecule has 1 amide bonds. The Balaban J connectivity index is 3.66. The number of hydrogen-bond acceptors (Lipinski definition) is 3. The summed E-state index contributed by atoms with van der Waals surface area (Å²) in [5.74, 6) is -0.0576. The van der Waals surface area contributed by atoms with Gasteiger partial charge in [-0.3, -0.25) is 4.79 Å². The van der Waals surface area contributed by atoms with Gasteiger partial charge in [0.25, 0.3) is 0 Å². The molecule has 0 fully saturated rings. The first kappa shape index (κ1) is 39.1. The highest BCUT2D eigenvalue weighted by Gasteiger charge is 2.19. The van der Waals surface area contributed by atoms with Crippen LogP contribution in [0.5, 0.6) is 0 Å². The van der Waals surface area contributed by atoms with Gasteiger partial charge in [0, 0.05) is 6.42 Å². The molecule has 0 rings (SSSR count). The van der Waals surface area contributed by atoms with Crippen LogP contribution in [0, 0.1) is 0 Å². The van der Waals surface area contributed by atoms with Crippen molar-refractivity contribution in [3.05, 3.63) is 60.8 Å². The van der Waals surface area contributed by atoms with Gasteiger partial charge in [0.15, 0.2) is 0 Å². The van der Waals surface area contributed by atoms with Crippen molar-refractivity contribution < 1.29 is 15.0 Å². The van der Waals surface area contributed by atoms with Crippen LogP contribution in [0.2, 0.25) is 0 Å². The fraction of sp³-hybridized carbons (Fsp3) is 0.703. The number of carbonyl (C=O) groups is 1. The Labute approximate surface area is 254 Å². The molecule has 2 unspecified atom stereocenters. The van der Waals surface area contributed by atoms with Crippen molar-refractivity contribution in [2.45, 2.75) is 161 Å². The lowest BCUT2D eigenvalue weighted by Crippen LogP contribution is -2.45. The Morgan fingerprint density at radius 1 is 0.610 bits per heavy atom. The van der Waals surface area contributed by atoms with Gasteiger partial charge in [-0.2, -0.15) is 0 Å². The van der Waals surface area contributed by atoms with Crippen molar-refractivity contribution in [2.75, 3.05) is 6.61 Å². The molecule has 4 heteroatoms. The maximum Gasteiger partial charge on any atom is 0.220 e. The molecule has 3 N–H and O–H groups in total. The normalized spacial score (nSPS) is 14.0. The summed E-state index contributed by atoms with van der Waals surface area (Å²) in [6.07, 6.45) is 44.1. The third kappa shape index (κ3) is 29.4. The van der Waals surface area contributed by atoms with Crippen LogP contribution in [0.3, 0.4) is 0 Å². The summed E-state index contributed by atoms with van der Waals surface area (Å²) >= 11 is 0. The molecule has 0 aliphatic carbocycles. The number of allylic oxidation sites excluding steroid dienone is 10. The van der Waals surface area contributed by atoms with E-state index in [1.165, 1.54) is 51.4 Å². The van der Waals surface area contributed by atoms with E-state index >= 15 is 0 Å². The number of nitrogens with one attached hydrogen (secondary N) is 1. The van der Waals surface area contributed by atoms with E-state index in [1.54, 1.807) is 0 Å². The van der Waals surface area contributed by atoms with Crippen molar-refractivity contribution in [3.8, 4) is 0 Å². The number of aliphatic hydroxyl groups excluding tert-OH is 2. The number of unbranched alkanes of at least 4 members (excludes halogenated alkanes) is 12. The third-order valence-electron chi connectivity index (χ3n) is 7.29. The Kier molecular flexibility index (Phi) is 31.1. The number of rotatable bonds is 29. The minimum absolute atomic E-state index is 0.0576. The molecule has 0 bridgehead atoms. The number of carbonyl (C=O) groups excluding carboxylic acids is 1. The van der Waals surface area contributed by atoms with Crippen LogP contribution in [0.25, 0.3) is 0 Å². The van der Waals surface area contributed by atoms with Gasteiger partial charge >= 0.3 is 0 Å². The first-order chi connectivity index (χ1) is 20.2. The zero-order chi connectivity index (χ0) is 30.1. The van der Waals surface area contributed by atoms with Gasteiger partial charge in [-0.1, -0.05) is 145 Å². The van der Waals surface area contributed by atoms with Gasteiger partial charge in [-0.05, 0) is 57.8 Å². The zero-order valence-electron chi connectivity index (χ0n) is 26.8. The van der Waals surface area contributed by atoms with E-state index in [2.05, 4.69) is 79.9 Å². The van der Waals surface area contributed by atoms with Crippen molar-refractivity contribution in [1.82, 2.24) is 5.32 Å². The van der Waals surface area contributed by atoms with Crippen LogP contribution < -0.4 is 5.32 Å². The van der Waals surface area contributed by atoms with Crippen molar-refractivity contribution >= 4 is 5.91 Å². The zero-order valence-corrected chi connectivity index (χ0v) is 26.8. The highest BCUT2D eigenvalue weighted by Crippen LogP contribution is 2.13. The van der Waals surface area contributed by atoms with E-state index in [-0.39, 0.29) is 12.5 Å². The summed E-state index contributed by atoms with van der Waals surface area (Å²) < 4.78 is 0. The fourth-order valence-electron chi connectivity index (χ4n) is 4.68. The molecular formula is C37H65NO3. The lowest BCUT2D eigenvalue weighted by Gasteiger charge is -2.22. The molecule has 0 aromatic heterocycles. The van der Waals surface area contributed by atoms with E-state index < -0.39 is 12.1 Å². The summed E-state index contributed by atoms with van der Waals surface area (Å²) in [6.45, 7) is 4.18. The van der Waals surface area contributed by atoms with Gasteiger partial charge in [0.05, 0.1) is 18.8 Å². The summed E-state index contributed by atoms with van der Waals surface area (Å²) in [4.78, 5) is 12.3. The average molecular weight is 572 g/mol. The van der Waals surface area contributed by atoms with E-state index in [4.69, 9.17) is 0 Å². The van der Waals surface area contributed by atoms with Crippen molar-refractivity contribution in [2.24, 2.45) is 0 Å². The monoisotopic (exact) mass is 571 g/mol. The molecule has 0 heterocycles. The predicted octanol–water partition coefficient (Wildman–Crippen LogP) is 9.84. The van der Waals surface area contributed by atoms with Crippen LogP contribution in [0.1, 0.15) is 149 Å². The molecule has 0 aromatic rings. The molecular weight excluding hydrogens is 506 g/mol. The maximum atomic E-state index is 12.3. The van der Waals surface area contributed by atoms with Crippen LogP contribution in [0.4, 0.5) is 0 Å². The Morgan fingerprint density at radius 2 is 1.07 bits per heavy atom. The molecule has 236 valence electrons. The smallest absolute Gasteiger partial charge is 0.220 e. The second kappa shape index (κ2) is 32.6. The van der Waals surface area contributed by atoms with Crippen LogP contribution in [-0.4, -0.2) is 34.9 Å². The molecule has 0 radical (unpaired) electrons. The van der Waals surface area contributed by atoms with Crippen LogP contribution in [0.15, 0.2) is 60.8 Å². The minimum Gasteiger partial charge on any atom is -0.394 e. The number of aliphatic hydroxyl groups is 2. The summed E-state index contributed by atoms with van der Waals surface area (Å²) in [6, 6.07) is -0.546. The summed E-state index contributed by atoms with van der Waals surface area (Å²) in [7, 11) is 0. The van der Waals surface area contributed by atoms with Crippen molar-refractivity contribution in [3.63, 3.8) is 0 Å². The van der Waals surface area contributed by atoms with E-state index in [0.29, 0.717) is 12.8 Å². The van der Waals surface area contributed by atoms with Crippen LogP contribution >= 0.6 is 0 Å². The van der Waals surface area contributed by atoms with E-state index in [9.17, 15) is 15.0 Å². The van der Waals surface area contributed by atoms with Crippen molar-refractivity contribution in [1.29, 1.82) is 0 Å². The standard InChI is InChI=1S/C37H65NO3/c1-3-5-7-9-11-13-14-15-16-17-18-19-20-21-22-23-24-25-27-29-31-33-37(41)38-35(34-39)36(40)32-30-28-26-12-10-8-6-4-2/h5,7,11,13,15-16,18-19,21-22,35-36,39-40H,3-4,6,8-10,12,14,17,20,23-34H2,1-2H3,(H,38,41)/b7-5-,13-11-,16-15-,19-18-,22-21-. The fourth-order valence-corrected chi connectivity index (χ4v) is 4.68. The quantitative estimate of drug-likeness (QED) is 0.0618. The highest BCUT2D eigenvalue weighted by molar-refractivity contribution is 5.76. The summed E-state index contributed by atoms with van der Waals surface area (Å²) in [5, 5.41) is 22.9. The Morgan fingerprint density at radius 3 is 1.61 bits per heavy atom. The summed E-state index contributed by atoms with van der Waals surface area (Å²) in [5.41, 5.74) is 0. The molecule has 41 heavy (non-hydrogen) atoms. The molecule has 4 nitrogen and oxygen atoms in total. The Bertz CT molecular complexity index is 707. The van der Waals surface area contributed by atoms with Gasteiger partial charge in [-0.15, -0.1) is 0 Å². The second-order valence-electron chi connectivity index (χ2n) is 11.2. The largest absolute Gasteiger partial charge is 0.394 e. The molecule has 2 atom stereocenters. The molecule has 0 aliphatic rings. The number of amides is 1. The lowest BCUT2D eigenvalue weighted by atomic mass is 10.0. The molecule has 0 aliphatic heterocycles. The maximum absolute atomic E-state index is 12.3. The van der Waals surface area contributed by atoms with Gasteiger partial charge in [0.1, 0.15) is 0 Å². The Hall–Kier alpha value is -1.91. The minimum atomic E-state index is -0.667. The topological polar surface area (TPSA) is 69.6 Å². The molecule has 0 spiro atoms. The lowest BCUT2D eigenvalue weighted by molar-refractivity contribution is -0.123. The van der Waals surface area contributed by atoms with Gasteiger partial charge < -0.3 is 15.5 Å². The average Bonchev–Trinajstić information content (AvgIpc) is 2.97. The SMILES string of the molecule is CC/C=C\C/C=C\C/C=C\C/C=C\C/C=C\CCCCCCCC(=O)NC(CO)C(O)CCCCCCCCCC. The number of hydrogen-bond donors (Lipinski definition) is 3. The van der Waals surface area contributed by atoms with Crippen LogP contribution in [-0.2, 0) is 4.79 Å². The van der Waals surface area contributed by atoms with E-state index in [1.807, 2.05) is 0 Å². The third-order valence-corrected chi connectivity index (χ3v) is 7.29.